The summed E-state index contributed by atoms with van der Waals surface area (Å²) >= 11 is 0.799. The molecule has 0 aliphatic heterocycles. The minimum absolute atomic E-state index is 0.799. The number of hydrogen-bond acceptors (Lipinski definition) is 0. The summed E-state index contributed by atoms with van der Waals surface area (Å²) < 4.78 is 0. The van der Waals surface area contributed by atoms with Gasteiger partial charge in [0.25, 0.3) is 0 Å². The summed E-state index contributed by atoms with van der Waals surface area (Å²) in [5.74, 6) is 0. The van der Waals surface area contributed by atoms with E-state index in [0.717, 1.165) is 15.2 Å². The second-order valence-corrected chi connectivity index (χ2v) is 6.43. The average Bonchev–Trinajstić information content (AvgIpc) is 2.26. The fourth-order valence-electron chi connectivity index (χ4n) is 1.93. The van der Waals surface area contributed by atoms with Crippen LogP contribution >= 0.6 is 0 Å². The van der Waals surface area contributed by atoms with Gasteiger partial charge in [-0.05, 0) is 0 Å². The second-order valence-electron chi connectivity index (χ2n) is 4.69. The van der Waals surface area contributed by atoms with Crippen LogP contribution in [0.3, 0.4) is 0 Å². The molecule has 0 aromatic carbocycles. The molecule has 0 rings (SSSR count). The summed E-state index contributed by atoms with van der Waals surface area (Å²) in [5, 5.41) is 3.13. The first-order valence-electron chi connectivity index (χ1n) is 7.23. The highest BCUT2D eigenvalue weighted by molar-refractivity contribution is 6.35. The maximum atomic E-state index is 2.29. The van der Waals surface area contributed by atoms with Crippen molar-refractivity contribution in [2.75, 3.05) is 0 Å². The van der Waals surface area contributed by atoms with Gasteiger partial charge >= 0.3 is 0 Å². The molecule has 1 radical (unpaired) electrons. The number of unbranched alkanes of at least 4 members (excludes halogenated alkanes) is 8. The Hall–Kier alpha value is 0.532. The van der Waals surface area contributed by atoms with E-state index in [2.05, 4.69) is 13.8 Å². The van der Waals surface area contributed by atoms with Crippen molar-refractivity contribution in [3.63, 3.8) is 0 Å². The molecule has 0 bridgehead atoms. The molecule has 0 N–H and O–H groups in total. The van der Waals surface area contributed by atoms with Crippen LogP contribution in [0.2, 0.25) is 10.6 Å². The number of hydrogen-bond donors (Lipinski definition) is 0. The monoisotopic (exact) mass is 225 g/mol. The summed E-state index contributed by atoms with van der Waals surface area (Å²) in [6.07, 6.45) is 14.6. The Balaban J connectivity index is 2.81. The van der Waals surface area contributed by atoms with Crippen molar-refractivity contribution in [3.8, 4) is 0 Å². The van der Waals surface area contributed by atoms with Gasteiger partial charge in [0.15, 0.2) is 15.2 Å². The third-order valence-corrected chi connectivity index (χ3v) is 4.66. The lowest BCUT2D eigenvalue weighted by atomic mass is 10.2. The topological polar surface area (TPSA) is 0 Å². The molecule has 15 heavy (non-hydrogen) atoms. The molecule has 0 aliphatic rings. The molecule has 0 heterocycles. The van der Waals surface area contributed by atoms with E-state index in [0.29, 0.717) is 0 Å². The quantitative estimate of drug-likeness (QED) is 0.305. The van der Waals surface area contributed by atoms with Crippen molar-refractivity contribution in [1.29, 1.82) is 0 Å². The third-order valence-electron chi connectivity index (χ3n) is 3.02. The minimum Gasteiger partial charge on any atom is -0.104 e. The molecule has 0 saturated heterocycles. The Morgan fingerprint density at radius 3 is 1.33 bits per heavy atom. The minimum atomic E-state index is 0.799. The largest absolute Gasteiger partial charge is 0.199 e. The van der Waals surface area contributed by atoms with Gasteiger partial charge in [0.2, 0.25) is 0 Å². The van der Waals surface area contributed by atoms with Crippen molar-refractivity contribution >= 4 is 15.2 Å². The lowest BCUT2D eigenvalue weighted by molar-refractivity contribution is 0.647. The highest BCUT2D eigenvalue weighted by Gasteiger charge is 1.94. The highest BCUT2D eigenvalue weighted by Crippen LogP contribution is 2.08. The molecule has 0 unspecified atom stereocenters. The van der Waals surface area contributed by atoms with Crippen LogP contribution in [0, 0.1) is 0 Å². The summed E-state index contributed by atoms with van der Waals surface area (Å²) in [7, 11) is 0. The second kappa shape index (κ2) is 14.5. The molecule has 1 heteroatoms. The van der Waals surface area contributed by atoms with Crippen LogP contribution in [-0.2, 0) is 0 Å². The van der Waals surface area contributed by atoms with E-state index in [1.54, 1.807) is 10.6 Å². The van der Waals surface area contributed by atoms with Crippen LogP contribution in [0.4, 0.5) is 0 Å². The summed E-state index contributed by atoms with van der Waals surface area (Å²) in [5.41, 5.74) is 0. The van der Waals surface area contributed by atoms with E-state index in [9.17, 15) is 0 Å². The van der Waals surface area contributed by atoms with E-state index in [4.69, 9.17) is 0 Å². The third kappa shape index (κ3) is 14.5. The highest BCUT2D eigenvalue weighted by atomic mass is 27.1. The standard InChI is InChI=1S/2C7H15.Al/c2*1-3-5-7-6-4-2;/h2*1,3-7H2,2H3;. The maximum absolute atomic E-state index is 2.29. The molecular formula is C14H30Al. The van der Waals surface area contributed by atoms with E-state index in [1.165, 1.54) is 64.2 Å². The average molecular weight is 225 g/mol. The zero-order valence-electron chi connectivity index (χ0n) is 11.1. The van der Waals surface area contributed by atoms with Crippen molar-refractivity contribution < 1.29 is 0 Å². The van der Waals surface area contributed by atoms with E-state index < -0.39 is 0 Å². The van der Waals surface area contributed by atoms with E-state index in [1.807, 2.05) is 0 Å². The Kier molecular flexibility index (Phi) is 15.0. The molecule has 0 atom stereocenters. The number of rotatable bonds is 12. The molecule has 0 fully saturated rings. The Morgan fingerprint density at radius 1 is 0.533 bits per heavy atom. The van der Waals surface area contributed by atoms with Gasteiger partial charge in [-0.25, -0.2) is 0 Å². The normalized spacial score (nSPS) is 10.5. The lowest BCUT2D eigenvalue weighted by Crippen LogP contribution is -1.90. The SMILES string of the molecule is CCCCCC[CH2][Al][CH2]CCCCCC. The smallest absolute Gasteiger partial charge is 0.104 e. The molecule has 0 aromatic heterocycles. The molecular weight excluding hydrogens is 195 g/mol. The first-order chi connectivity index (χ1) is 7.41. The van der Waals surface area contributed by atoms with Gasteiger partial charge in [-0.15, -0.1) is 10.6 Å². The van der Waals surface area contributed by atoms with Gasteiger partial charge in [-0.3, -0.25) is 0 Å². The van der Waals surface area contributed by atoms with Gasteiger partial charge in [0.05, 0.1) is 0 Å². The van der Waals surface area contributed by atoms with Crippen LogP contribution in [0.5, 0.6) is 0 Å². The molecule has 0 nitrogen and oxygen atoms in total. The molecule has 0 amide bonds. The van der Waals surface area contributed by atoms with Crippen LogP contribution in [-0.4, -0.2) is 15.2 Å². The Bertz CT molecular complexity index is 89.5. The van der Waals surface area contributed by atoms with Crippen molar-refractivity contribution in [3.05, 3.63) is 0 Å². The van der Waals surface area contributed by atoms with Crippen molar-refractivity contribution in [2.24, 2.45) is 0 Å². The van der Waals surface area contributed by atoms with Crippen LogP contribution < -0.4 is 0 Å². The fraction of sp³-hybridized carbons (Fsp3) is 1.00. The fourth-order valence-corrected chi connectivity index (χ4v) is 3.37. The lowest BCUT2D eigenvalue weighted by Gasteiger charge is -2.00. The van der Waals surface area contributed by atoms with Crippen LogP contribution in [0.15, 0.2) is 0 Å². The zero-order valence-corrected chi connectivity index (χ0v) is 12.2. The van der Waals surface area contributed by atoms with Crippen LogP contribution in [0.25, 0.3) is 0 Å². The van der Waals surface area contributed by atoms with Gasteiger partial charge in [0, 0.05) is 0 Å². The molecule has 0 aromatic rings. The predicted octanol–water partition coefficient (Wildman–Crippen LogP) is 5.47. The van der Waals surface area contributed by atoms with Gasteiger partial charge in [-0.1, -0.05) is 78.1 Å². The summed E-state index contributed by atoms with van der Waals surface area (Å²) in [6.45, 7) is 4.59. The van der Waals surface area contributed by atoms with E-state index in [-0.39, 0.29) is 0 Å². The molecule has 0 spiro atoms. The van der Waals surface area contributed by atoms with E-state index >= 15 is 0 Å². The van der Waals surface area contributed by atoms with Crippen molar-refractivity contribution in [2.45, 2.75) is 88.6 Å². The first kappa shape index (κ1) is 15.5. The van der Waals surface area contributed by atoms with Gasteiger partial charge in [0.1, 0.15) is 0 Å². The van der Waals surface area contributed by atoms with Gasteiger partial charge in [-0.2, -0.15) is 0 Å². The molecule has 0 saturated carbocycles. The Morgan fingerprint density at radius 2 is 0.933 bits per heavy atom. The predicted molar refractivity (Wildman–Crippen MR) is 72.9 cm³/mol. The van der Waals surface area contributed by atoms with Gasteiger partial charge < -0.3 is 0 Å². The maximum Gasteiger partial charge on any atom is 0.199 e. The summed E-state index contributed by atoms with van der Waals surface area (Å²) in [6, 6.07) is 0. The zero-order chi connectivity index (χ0) is 11.2. The van der Waals surface area contributed by atoms with Crippen molar-refractivity contribution in [1.82, 2.24) is 0 Å². The summed E-state index contributed by atoms with van der Waals surface area (Å²) in [4.78, 5) is 0. The van der Waals surface area contributed by atoms with Crippen LogP contribution in [0.1, 0.15) is 78.1 Å². The molecule has 0 aliphatic carbocycles. The Labute approximate surface area is 104 Å². The molecule has 89 valence electrons. The first-order valence-corrected chi connectivity index (χ1v) is 8.86.